The Balaban J connectivity index is 1.83. The molecule has 0 bridgehead atoms. The van der Waals surface area contributed by atoms with Crippen molar-refractivity contribution in [3.63, 3.8) is 0 Å². The summed E-state index contributed by atoms with van der Waals surface area (Å²) in [6.45, 7) is 0. The van der Waals surface area contributed by atoms with Crippen LogP contribution >= 0.6 is 11.3 Å². The van der Waals surface area contributed by atoms with Crippen LogP contribution in [0.5, 0.6) is 0 Å². The zero-order valence-corrected chi connectivity index (χ0v) is 19.4. The molecule has 4 rings (SSSR count). The first kappa shape index (κ1) is 20.9. The molecule has 6 heteroatoms. The molecule has 3 aromatic carbocycles. The number of fused-ring (bicyclic) bond motifs is 1. The molecular weight excluding hydrogens is 402 g/mol. The number of rotatable bonds is 5. The van der Waals surface area contributed by atoms with E-state index in [1.54, 1.807) is 11.3 Å². The minimum atomic E-state index is 0.855. The number of thiazole rings is 1. The lowest BCUT2D eigenvalue weighted by Gasteiger charge is -2.15. The third kappa shape index (κ3) is 4.39. The van der Waals surface area contributed by atoms with E-state index in [9.17, 15) is 0 Å². The molecule has 0 fully saturated rings. The predicted octanol–water partition coefficient (Wildman–Crippen LogP) is 4.73. The molecule has 0 atom stereocenters. The molecule has 0 aliphatic rings. The molecule has 0 radical (unpaired) electrons. The summed E-state index contributed by atoms with van der Waals surface area (Å²) in [6, 6.07) is 25.2. The van der Waals surface area contributed by atoms with Gasteiger partial charge in [-0.15, -0.1) is 10.2 Å². The lowest BCUT2D eigenvalue weighted by Crippen LogP contribution is -2.12. The number of hydrogen-bond acceptors (Lipinski definition) is 5. The first-order valence-corrected chi connectivity index (χ1v) is 11.0. The van der Waals surface area contributed by atoms with Crippen molar-refractivity contribution < 1.29 is 0 Å². The van der Waals surface area contributed by atoms with Crippen LogP contribution in [-0.4, -0.2) is 38.5 Å². The van der Waals surface area contributed by atoms with E-state index in [2.05, 4.69) is 86.2 Å². The number of hydrogen-bond donors (Lipinski definition) is 0. The number of benzene rings is 3. The smallest absolute Gasteiger partial charge is 0.211 e. The van der Waals surface area contributed by atoms with Gasteiger partial charge in [-0.1, -0.05) is 47.7 Å². The van der Waals surface area contributed by atoms with Crippen LogP contribution in [0.4, 0.5) is 11.4 Å². The molecule has 1 aromatic heterocycles. The van der Waals surface area contributed by atoms with Crippen LogP contribution in [0.2, 0.25) is 0 Å². The fourth-order valence-corrected chi connectivity index (χ4v) is 4.36. The molecule has 0 spiro atoms. The molecule has 5 nitrogen and oxygen atoms in total. The molecule has 31 heavy (non-hydrogen) atoms. The Bertz CT molecular complexity index is 1220. The van der Waals surface area contributed by atoms with Crippen molar-refractivity contribution in [2.24, 2.45) is 17.3 Å². The Hall–Kier alpha value is -3.38. The van der Waals surface area contributed by atoms with Crippen molar-refractivity contribution in [2.45, 2.75) is 0 Å². The predicted molar refractivity (Wildman–Crippen MR) is 134 cm³/mol. The third-order valence-electron chi connectivity index (χ3n) is 5.26. The van der Waals surface area contributed by atoms with Crippen LogP contribution in [-0.2, 0) is 7.05 Å². The summed E-state index contributed by atoms with van der Waals surface area (Å²) in [6.07, 6.45) is 0. The molecule has 4 aromatic rings. The summed E-state index contributed by atoms with van der Waals surface area (Å²) in [4.78, 5) is 5.05. The molecule has 158 valence electrons. The number of aryl methyl sites for hydroxylation is 1. The summed E-state index contributed by atoms with van der Waals surface area (Å²) in [5, 5.41) is 9.40. The van der Waals surface area contributed by atoms with Gasteiger partial charge in [0.2, 0.25) is 4.80 Å². The van der Waals surface area contributed by atoms with Gasteiger partial charge < -0.3 is 14.4 Å². The number of para-hydroxylation sites is 1. The maximum atomic E-state index is 4.74. The maximum absolute atomic E-state index is 4.74. The van der Waals surface area contributed by atoms with Gasteiger partial charge in [-0.05, 0) is 36.4 Å². The van der Waals surface area contributed by atoms with Gasteiger partial charge in [-0.2, -0.15) is 0 Å². The summed E-state index contributed by atoms with van der Waals surface area (Å²) in [7, 11) is 10.2. The molecule has 0 unspecified atom stereocenters. The summed E-state index contributed by atoms with van der Waals surface area (Å²) < 4.78 is 3.29. The second-order valence-corrected chi connectivity index (χ2v) is 8.85. The van der Waals surface area contributed by atoms with Crippen molar-refractivity contribution in [3.05, 3.63) is 88.7 Å². The van der Waals surface area contributed by atoms with Crippen molar-refractivity contribution >= 4 is 38.6 Å². The second kappa shape index (κ2) is 8.78. The van der Waals surface area contributed by atoms with Crippen molar-refractivity contribution in [1.29, 1.82) is 0 Å². The molecular formula is C25H27N5S. The van der Waals surface area contributed by atoms with Gasteiger partial charge in [-0.3, -0.25) is 0 Å². The molecule has 0 saturated heterocycles. The van der Waals surface area contributed by atoms with E-state index in [-0.39, 0.29) is 0 Å². The van der Waals surface area contributed by atoms with Crippen LogP contribution in [0.1, 0.15) is 11.1 Å². The monoisotopic (exact) mass is 429 g/mol. The highest BCUT2D eigenvalue weighted by Crippen LogP contribution is 2.20. The molecule has 0 aliphatic carbocycles. The van der Waals surface area contributed by atoms with Gasteiger partial charge in [0.05, 0.1) is 10.2 Å². The van der Waals surface area contributed by atoms with Crippen LogP contribution in [0.3, 0.4) is 0 Å². The lowest BCUT2D eigenvalue weighted by atomic mass is 10.0. The van der Waals surface area contributed by atoms with E-state index in [1.807, 2.05) is 41.3 Å². The van der Waals surface area contributed by atoms with Gasteiger partial charge in [0.25, 0.3) is 0 Å². The fourth-order valence-electron chi connectivity index (χ4n) is 3.39. The SMILES string of the molecule is CN(C)c1ccc(C(=NN=c2sc3ccccc3n2C)c2ccc(N(C)C)cc2)cc1. The second-order valence-electron chi connectivity index (χ2n) is 7.84. The summed E-state index contributed by atoms with van der Waals surface area (Å²) in [5.74, 6) is 0. The van der Waals surface area contributed by atoms with Gasteiger partial charge in [0.1, 0.15) is 5.71 Å². The van der Waals surface area contributed by atoms with Crippen LogP contribution in [0.25, 0.3) is 10.2 Å². The van der Waals surface area contributed by atoms with Gasteiger partial charge in [-0.25, -0.2) is 0 Å². The fraction of sp³-hybridized carbons (Fsp3) is 0.200. The van der Waals surface area contributed by atoms with Crippen molar-refractivity contribution in [2.75, 3.05) is 38.0 Å². The van der Waals surface area contributed by atoms with Gasteiger partial charge >= 0.3 is 0 Å². The zero-order chi connectivity index (χ0) is 22.0. The number of anilines is 2. The Kier molecular flexibility index (Phi) is 5.91. The Morgan fingerprint density at radius 1 is 0.742 bits per heavy atom. The quantitative estimate of drug-likeness (QED) is 0.340. The first-order valence-electron chi connectivity index (χ1n) is 10.2. The standard InChI is InChI=1S/C25H27N5S/c1-28(2)20-14-10-18(11-15-20)24(19-12-16-21(17-13-19)29(3)4)26-27-25-30(5)22-8-6-7-9-23(22)31-25/h6-17H,1-5H3. The molecule has 0 N–H and O–H groups in total. The Morgan fingerprint density at radius 3 is 1.74 bits per heavy atom. The van der Waals surface area contributed by atoms with E-state index < -0.39 is 0 Å². The average Bonchev–Trinajstić information content (AvgIpc) is 3.10. The lowest BCUT2D eigenvalue weighted by molar-refractivity contribution is 0.888. The minimum Gasteiger partial charge on any atom is -0.378 e. The third-order valence-corrected chi connectivity index (χ3v) is 6.37. The number of aromatic nitrogens is 1. The number of nitrogens with zero attached hydrogens (tertiary/aromatic N) is 5. The normalized spacial score (nSPS) is 11.6. The summed E-state index contributed by atoms with van der Waals surface area (Å²) in [5.41, 5.74) is 6.39. The summed E-state index contributed by atoms with van der Waals surface area (Å²) >= 11 is 1.64. The van der Waals surface area contributed by atoms with Crippen LogP contribution in [0.15, 0.2) is 83.0 Å². The highest BCUT2D eigenvalue weighted by Gasteiger charge is 2.09. The van der Waals surface area contributed by atoms with E-state index >= 15 is 0 Å². The van der Waals surface area contributed by atoms with Gasteiger partial charge in [0.15, 0.2) is 0 Å². The van der Waals surface area contributed by atoms with Gasteiger partial charge in [0, 0.05) is 57.7 Å². The average molecular weight is 430 g/mol. The van der Waals surface area contributed by atoms with E-state index in [0.717, 1.165) is 38.5 Å². The van der Waals surface area contributed by atoms with E-state index in [4.69, 9.17) is 5.10 Å². The van der Waals surface area contributed by atoms with Crippen molar-refractivity contribution in [3.8, 4) is 0 Å². The molecule has 0 aliphatic heterocycles. The van der Waals surface area contributed by atoms with Crippen LogP contribution in [0, 0.1) is 0 Å². The zero-order valence-electron chi connectivity index (χ0n) is 18.6. The molecule has 1 heterocycles. The first-order chi connectivity index (χ1) is 14.9. The van der Waals surface area contributed by atoms with Crippen molar-refractivity contribution in [1.82, 2.24) is 4.57 Å². The molecule has 0 amide bonds. The molecule has 0 saturated carbocycles. The maximum Gasteiger partial charge on any atom is 0.211 e. The highest BCUT2D eigenvalue weighted by atomic mass is 32.1. The minimum absolute atomic E-state index is 0.855. The Morgan fingerprint density at radius 2 is 1.26 bits per heavy atom. The highest BCUT2D eigenvalue weighted by molar-refractivity contribution is 7.16. The largest absolute Gasteiger partial charge is 0.378 e. The van der Waals surface area contributed by atoms with E-state index in [1.165, 1.54) is 4.70 Å². The topological polar surface area (TPSA) is 36.1 Å². The van der Waals surface area contributed by atoms with E-state index in [0.29, 0.717) is 0 Å². The van der Waals surface area contributed by atoms with Crippen LogP contribution < -0.4 is 14.6 Å². The Labute approximate surface area is 187 Å².